The molecule has 0 unspecified atom stereocenters. The number of carboxylic acid groups (broad SMARTS) is 1. The minimum Gasteiger partial charge on any atom is -0.480 e. The number of carboxylic acids is 1. The first-order valence-electron chi connectivity index (χ1n) is 29.6. The van der Waals surface area contributed by atoms with Crippen molar-refractivity contribution in [1.29, 1.82) is 0 Å². The molecule has 460 valence electrons. The number of carbonyl (C=O) groups is 10. The highest BCUT2D eigenvalue weighted by molar-refractivity contribution is 5.99. The molecule has 0 aromatic heterocycles. The van der Waals surface area contributed by atoms with Crippen LogP contribution in [0.1, 0.15) is 131 Å². The van der Waals surface area contributed by atoms with E-state index in [0.29, 0.717) is 43.4 Å². The number of nitrogens with one attached hydrogen (secondary N) is 9. The van der Waals surface area contributed by atoms with E-state index in [1.54, 1.807) is 88.4 Å². The number of aliphatic carboxylic acids is 1. The van der Waals surface area contributed by atoms with Crippen LogP contribution in [0.15, 0.2) is 60.7 Å². The molecule has 2 heterocycles. The number of rotatable bonds is 34. The van der Waals surface area contributed by atoms with Crippen molar-refractivity contribution in [2.45, 2.75) is 193 Å². The molecule has 0 spiro atoms. The zero-order valence-corrected chi connectivity index (χ0v) is 49.8. The lowest BCUT2D eigenvalue weighted by molar-refractivity contribution is -0.143. The molecule has 83 heavy (non-hydrogen) atoms. The first kappa shape index (κ1) is 68.5. The van der Waals surface area contributed by atoms with Crippen LogP contribution in [-0.2, 0) is 60.8 Å². The molecule has 2 aliphatic heterocycles. The highest BCUT2D eigenvalue weighted by atomic mass is 16.4. The van der Waals surface area contributed by atoms with E-state index in [1.165, 1.54) is 4.90 Å². The van der Waals surface area contributed by atoms with Crippen molar-refractivity contribution < 1.29 is 53.1 Å². The Hall–Kier alpha value is -6.98. The number of nitrogens with two attached hydrogens (primary N) is 2. The molecule has 10 atom stereocenters. The van der Waals surface area contributed by atoms with E-state index in [2.05, 4.69) is 47.9 Å². The maximum absolute atomic E-state index is 14.9. The molecule has 0 radical (unpaired) electrons. The standard InChI is InChI=1S/C60H94N12O11/c1-35(2)31-44(66-52(74)42(23-15-27-61)64-57(79)49(37(5)6)70-51(73)41-25-17-29-63-41)54(76)68-46(33-39-19-11-9-12-20-39)59(81)72-30-18-26-48(72)56(78)71-50(38(7)8)58(80)65-43(24-16-28-62)53(75)67-45(32-36(3)4)55(77)69-47(60(82)83)34-40-21-13-10-14-22-40/h9-14,19-22,35-38,41-50,63H,15-18,23-34,61-62H2,1-8H3,(H,64,79)(H,65,80)(H,66,74)(H,67,75)(H,68,76)(H,69,77)(H,70,73)(H,71,78)(H,82,83)/t41-,42-,43-,44-,45-,46+,47+,48-,49-,50-/m0/s1. The lowest BCUT2D eigenvalue weighted by atomic mass is 9.99. The van der Waals surface area contributed by atoms with E-state index in [-0.39, 0.29) is 88.2 Å². The Labute approximate surface area is 489 Å². The quantitative estimate of drug-likeness (QED) is 0.0467. The highest BCUT2D eigenvalue weighted by Crippen LogP contribution is 2.22. The highest BCUT2D eigenvalue weighted by Gasteiger charge is 2.41. The predicted octanol–water partition coefficient (Wildman–Crippen LogP) is 1.06. The summed E-state index contributed by atoms with van der Waals surface area (Å²) in [7, 11) is 0. The van der Waals surface area contributed by atoms with Gasteiger partial charge < -0.3 is 69.3 Å². The number of hydrogen-bond donors (Lipinski definition) is 12. The second kappa shape index (κ2) is 34.6. The van der Waals surface area contributed by atoms with Crippen LogP contribution in [0.3, 0.4) is 0 Å². The Kier molecular flexibility index (Phi) is 28.5. The molecule has 23 heteroatoms. The summed E-state index contributed by atoms with van der Waals surface area (Å²) in [5.41, 5.74) is 13.1. The summed E-state index contributed by atoms with van der Waals surface area (Å²) in [6.45, 7) is 15.6. The normalized spacial score (nSPS) is 18.0. The van der Waals surface area contributed by atoms with Gasteiger partial charge in [-0.05, 0) is 119 Å². The molecular formula is C60H94N12O11. The second-order valence-electron chi connectivity index (χ2n) is 23.5. The van der Waals surface area contributed by atoms with Crippen LogP contribution in [0.25, 0.3) is 0 Å². The minimum atomic E-state index is -1.29. The molecule has 0 saturated carbocycles. The number of amides is 9. The second-order valence-corrected chi connectivity index (χ2v) is 23.5. The number of nitrogens with zero attached hydrogens (tertiary/aromatic N) is 1. The van der Waals surface area contributed by atoms with Crippen LogP contribution < -0.4 is 59.3 Å². The molecule has 2 aliphatic rings. The zero-order valence-electron chi connectivity index (χ0n) is 49.8. The average Bonchev–Trinajstić information content (AvgIpc) is 4.29. The third-order valence-electron chi connectivity index (χ3n) is 14.8. The van der Waals surface area contributed by atoms with Crippen molar-refractivity contribution in [3.8, 4) is 0 Å². The van der Waals surface area contributed by atoms with Gasteiger partial charge in [-0.3, -0.25) is 43.2 Å². The number of carbonyl (C=O) groups excluding carboxylic acids is 9. The van der Waals surface area contributed by atoms with Gasteiger partial charge in [0.2, 0.25) is 53.2 Å². The summed E-state index contributed by atoms with van der Waals surface area (Å²) >= 11 is 0. The minimum absolute atomic E-state index is 0.00380. The fraction of sp³-hybridized carbons (Fsp3) is 0.633. The summed E-state index contributed by atoms with van der Waals surface area (Å²) in [4.78, 5) is 141. The van der Waals surface area contributed by atoms with Crippen molar-refractivity contribution in [2.75, 3.05) is 26.2 Å². The van der Waals surface area contributed by atoms with Crippen molar-refractivity contribution in [3.63, 3.8) is 0 Å². The van der Waals surface area contributed by atoms with Gasteiger partial charge in [-0.1, -0.05) is 116 Å². The maximum atomic E-state index is 14.9. The summed E-state index contributed by atoms with van der Waals surface area (Å²) in [6.07, 6.45) is 3.29. The van der Waals surface area contributed by atoms with E-state index in [0.717, 1.165) is 6.42 Å². The molecule has 2 aromatic rings. The summed E-state index contributed by atoms with van der Waals surface area (Å²) in [6, 6.07) is 6.91. The van der Waals surface area contributed by atoms with E-state index in [4.69, 9.17) is 11.5 Å². The van der Waals surface area contributed by atoms with Crippen molar-refractivity contribution >= 4 is 59.1 Å². The van der Waals surface area contributed by atoms with E-state index in [9.17, 15) is 53.1 Å². The topological polar surface area (TPSA) is 354 Å². The number of hydrogen-bond acceptors (Lipinski definition) is 13. The van der Waals surface area contributed by atoms with Crippen LogP contribution in [0.4, 0.5) is 0 Å². The zero-order chi connectivity index (χ0) is 61.3. The molecule has 4 rings (SSSR count). The lowest BCUT2D eigenvalue weighted by Gasteiger charge is -2.32. The number of benzene rings is 2. The Morgan fingerprint density at radius 2 is 0.928 bits per heavy atom. The molecule has 9 amide bonds. The summed E-state index contributed by atoms with van der Waals surface area (Å²) in [5, 5.41) is 35.4. The van der Waals surface area contributed by atoms with Crippen LogP contribution in [0.5, 0.6) is 0 Å². The average molecular weight is 1160 g/mol. The molecule has 0 aliphatic carbocycles. The first-order valence-corrected chi connectivity index (χ1v) is 29.6. The summed E-state index contributed by atoms with van der Waals surface area (Å²) < 4.78 is 0. The van der Waals surface area contributed by atoms with Crippen LogP contribution in [-0.4, -0.2) is 156 Å². The first-order chi connectivity index (χ1) is 39.4. The molecule has 14 N–H and O–H groups in total. The molecular weight excluding hydrogens is 1060 g/mol. The SMILES string of the molecule is CC(C)C[C@H](NC(=O)[C@H](CCCN)NC(=O)[C@@H](NC(=O)[C@@H]1CCCN1C(=O)[C@@H](Cc1ccccc1)NC(=O)[C@H](CC(C)C)NC(=O)[C@H](CCCN)NC(=O)[C@@H](NC(=O)[C@@H]1CCCN1)C(C)C)C(C)C)C(=O)N[C@H](Cc1ccccc1)C(=O)O. The van der Waals surface area contributed by atoms with Gasteiger partial charge in [0.25, 0.3) is 0 Å². The predicted molar refractivity (Wildman–Crippen MR) is 314 cm³/mol. The molecule has 2 aromatic carbocycles. The Bertz CT molecular complexity index is 2460. The third kappa shape index (κ3) is 22.3. The molecule has 2 fully saturated rings. The largest absolute Gasteiger partial charge is 0.480 e. The van der Waals surface area contributed by atoms with Crippen LogP contribution in [0, 0.1) is 23.7 Å². The van der Waals surface area contributed by atoms with Crippen molar-refractivity contribution in [3.05, 3.63) is 71.8 Å². The molecule has 23 nitrogen and oxygen atoms in total. The van der Waals surface area contributed by atoms with Crippen LogP contribution in [0.2, 0.25) is 0 Å². The fourth-order valence-electron chi connectivity index (χ4n) is 10.3. The van der Waals surface area contributed by atoms with Gasteiger partial charge in [0, 0.05) is 19.4 Å². The molecule has 2 saturated heterocycles. The number of likely N-dealkylation sites (tertiary alicyclic amines) is 1. The van der Waals surface area contributed by atoms with Crippen molar-refractivity contribution in [2.24, 2.45) is 35.1 Å². The van der Waals surface area contributed by atoms with Gasteiger partial charge >= 0.3 is 5.97 Å². The van der Waals surface area contributed by atoms with Gasteiger partial charge in [0.05, 0.1) is 6.04 Å². The Morgan fingerprint density at radius 1 is 0.518 bits per heavy atom. The van der Waals surface area contributed by atoms with Crippen LogP contribution >= 0.6 is 0 Å². The Morgan fingerprint density at radius 3 is 1.34 bits per heavy atom. The fourth-order valence-corrected chi connectivity index (χ4v) is 10.3. The van der Waals surface area contributed by atoms with E-state index in [1.807, 2.05) is 27.7 Å². The van der Waals surface area contributed by atoms with Gasteiger partial charge in [-0.2, -0.15) is 0 Å². The summed E-state index contributed by atoms with van der Waals surface area (Å²) in [5.74, 6) is -7.89. The van der Waals surface area contributed by atoms with E-state index < -0.39 is 120 Å². The van der Waals surface area contributed by atoms with Gasteiger partial charge in [-0.25, -0.2) is 4.79 Å². The van der Waals surface area contributed by atoms with Gasteiger partial charge in [0.1, 0.15) is 54.4 Å². The van der Waals surface area contributed by atoms with E-state index >= 15 is 0 Å². The smallest absolute Gasteiger partial charge is 0.326 e. The van der Waals surface area contributed by atoms with Gasteiger partial charge in [0.15, 0.2) is 0 Å². The van der Waals surface area contributed by atoms with Crippen molar-refractivity contribution in [1.82, 2.24) is 52.8 Å². The van der Waals surface area contributed by atoms with Gasteiger partial charge in [-0.15, -0.1) is 0 Å². The Balaban J connectivity index is 1.52. The third-order valence-corrected chi connectivity index (χ3v) is 14.8. The molecule has 0 bridgehead atoms. The maximum Gasteiger partial charge on any atom is 0.326 e. The lowest BCUT2D eigenvalue weighted by Crippen LogP contribution is -2.61. The monoisotopic (exact) mass is 1160 g/mol.